The summed E-state index contributed by atoms with van der Waals surface area (Å²) < 4.78 is 5.03. The molecule has 92 valence electrons. The standard InChI is InChI=1S/C13H11NO3S/c1-17-11-4-2-10(3-5-11)14-13(16)12-9(8-15)6-7-18-12/h2-8H,1H3,(H,14,16). The van der Waals surface area contributed by atoms with E-state index in [2.05, 4.69) is 5.32 Å². The van der Waals surface area contributed by atoms with Gasteiger partial charge in [-0.2, -0.15) is 0 Å². The van der Waals surface area contributed by atoms with E-state index in [1.807, 2.05) is 0 Å². The highest BCUT2D eigenvalue weighted by Gasteiger charge is 2.12. The van der Waals surface area contributed by atoms with Crippen LogP contribution in [0.25, 0.3) is 0 Å². The van der Waals surface area contributed by atoms with Crippen LogP contribution in [-0.4, -0.2) is 19.3 Å². The summed E-state index contributed by atoms with van der Waals surface area (Å²) in [7, 11) is 1.58. The van der Waals surface area contributed by atoms with Crippen LogP contribution in [0.1, 0.15) is 20.0 Å². The number of carbonyl (C=O) groups is 2. The van der Waals surface area contributed by atoms with Gasteiger partial charge < -0.3 is 10.1 Å². The SMILES string of the molecule is COc1ccc(NC(=O)c2sccc2C=O)cc1. The maximum absolute atomic E-state index is 11.9. The average Bonchev–Trinajstić information content (AvgIpc) is 2.88. The van der Waals surface area contributed by atoms with E-state index in [1.54, 1.807) is 42.8 Å². The lowest BCUT2D eigenvalue weighted by Crippen LogP contribution is -2.11. The number of amides is 1. The molecule has 0 unspecified atom stereocenters. The fourth-order valence-electron chi connectivity index (χ4n) is 1.46. The number of benzene rings is 1. The van der Waals surface area contributed by atoms with E-state index in [1.165, 1.54) is 11.3 Å². The summed E-state index contributed by atoms with van der Waals surface area (Å²) in [5.41, 5.74) is 1.07. The second kappa shape index (κ2) is 5.46. The van der Waals surface area contributed by atoms with Gasteiger partial charge in [0.15, 0.2) is 6.29 Å². The summed E-state index contributed by atoms with van der Waals surface area (Å²) >= 11 is 1.24. The predicted molar refractivity (Wildman–Crippen MR) is 70.7 cm³/mol. The van der Waals surface area contributed by atoms with Crippen LogP contribution in [-0.2, 0) is 0 Å². The van der Waals surface area contributed by atoms with E-state index in [9.17, 15) is 9.59 Å². The number of methoxy groups -OCH3 is 1. The third kappa shape index (κ3) is 2.57. The molecule has 0 aliphatic heterocycles. The zero-order chi connectivity index (χ0) is 13.0. The molecule has 2 aromatic rings. The third-order valence-corrected chi connectivity index (χ3v) is 3.31. The molecule has 0 aliphatic rings. The number of aldehydes is 1. The molecular weight excluding hydrogens is 250 g/mol. The van der Waals surface area contributed by atoms with Gasteiger partial charge in [0.1, 0.15) is 10.6 Å². The summed E-state index contributed by atoms with van der Waals surface area (Å²) in [5.74, 6) is 0.440. The first-order chi connectivity index (χ1) is 8.74. The fraction of sp³-hybridized carbons (Fsp3) is 0.0769. The minimum atomic E-state index is -0.280. The van der Waals surface area contributed by atoms with Crippen molar-refractivity contribution in [2.45, 2.75) is 0 Å². The second-order valence-corrected chi connectivity index (χ2v) is 4.42. The van der Waals surface area contributed by atoms with Crippen LogP contribution in [0.2, 0.25) is 0 Å². The molecule has 0 aliphatic carbocycles. The molecule has 5 heteroatoms. The molecule has 1 aromatic carbocycles. The Balaban J connectivity index is 2.13. The number of hydrogen-bond acceptors (Lipinski definition) is 4. The Bertz CT molecular complexity index is 560. The number of nitrogens with one attached hydrogen (secondary N) is 1. The van der Waals surface area contributed by atoms with Gasteiger partial charge in [0.25, 0.3) is 5.91 Å². The molecule has 0 atom stereocenters. The molecule has 0 saturated heterocycles. The summed E-state index contributed by atoms with van der Waals surface area (Å²) in [4.78, 5) is 23.1. The number of ether oxygens (including phenoxy) is 1. The number of hydrogen-bond donors (Lipinski definition) is 1. The maximum Gasteiger partial charge on any atom is 0.266 e. The molecule has 0 fully saturated rings. The van der Waals surface area contributed by atoms with Crippen molar-refractivity contribution in [2.75, 3.05) is 12.4 Å². The summed E-state index contributed by atoms with van der Waals surface area (Å²) in [6.07, 6.45) is 0.680. The monoisotopic (exact) mass is 261 g/mol. The van der Waals surface area contributed by atoms with Gasteiger partial charge in [0.05, 0.1) is 7.11 Å². The van der Waals surface area contributed by atoms with E-state index < -0.39 is 0 Å². The average molecular weight is 261 g/mol. The Morgan fingerprint density at radius 1 is 1.28 bits per heavy atom. The third-order valence-electron chi connectivity index (χ3n) is 2.38. The predicted octanol–water partition coefficient (Wildman–Crippen LogP) is 2.82. The molecule has 1 amide bonds. The Hall–Kier alpha value is -2.14. The zero-order valence-corrected chi connectivity index (χ0v) is 10.5. The minimum absolute atomic E-state index is 0.280. The minimum Gasteiger partial charge on any atom is -0.497 e. The molecule has 18 heavy (non-hydrogen) atoms. The Morgan fingerprint density at radius 2 is 2.00 bits per heavy atom. The van der Waals surface area contributed by atoms with Crippen molar-refractivity contribution in [3.63, 3.8) is 0 Å². The summed E-state index contributed by atoms with van der Waals surface area (Å²) in [6, 6.07) is 8.62. The fourth-order valence-corrected chi connectivity index (χ4v) is 2.22. The van der Waals surface area contributed by atoms with Gasteiger partial charge in [-0.3, -0.25) is 9.59 Å². The van der Waals surface area contributed by atoms with Crippen molar-refractivity contribution in [3.05, 3.63) is 46.2 Å². The van der Waals surface area contributed by atoms with Crippen molar-refractivity contribution < 1.29 is 14.3 Å². The number of anilines is 1. The van der Waals surface area contributed by atoms with Crippen LogP contribution in [0.4, 0.5) is 5.69 Å². The van der Waals surface area contributed by atoms with Gasteiger partial charge in [-0.05, 0) is 35.7 Å². The molecular formula is C13H11NO3S. The van der Waals surface area contributed by atoms with Crippen LogP contribution in [0, 0.1) is 0 Å². The van der Waals surface area contributed by atoms with Gasteiger partial charge in [-0.25, -0.2) is 0 Å². The number of rotatable bonds is 4. The normalized spacial score (nSPS) is 9.83. The molecule has 1 aromatic heterocycles. The molecule has 0 spiro atoms. The first kappa shape index (κ1) is 12.3. The molecule has 1 N–H and O–H groups in total. The molecule has 0 bridgehead atoms. The van der Waals surface area contributed by atoms with Crippen molar-refractivity contribution >= 4 is 29.2 Å². The summed E-state index contributed by atoms with van der Waals surface area (Å²) in [6.45, 7) is 0. The van der Waals surface area contributed by atoms with Gasteiger partial charge in [-0.15, -0.1) is 11.3 Å². The van der Waals surface area contributed by atoms with Crippen molar-refractivity contribution in [2.24, 2.45) is 0 Å². The van der Waals surface area contributed by atoms with E-state index in [-0.39, 0.29) is 5.91 Å². The van der Waals surface area contributed by atoms with E-state index >= 15 is 0 Å². The lowest BCUT2D eigenvalue weighted by molar-refractivity contribution is 0.102. The first-order valence-corrected chi connectivity index (χ1v) is 6.10. The van der Waals surface area contributed by atoms with Crippen LogP contribution < -0.4 is 10.1 Å². The largest absolute Gasteiger partial charge is 0.497 e. The van der Waals surface area contributed by atoms with Crippen LogP contribution >= 0.6 is 11.3 Å². The number of carbonyl (C=O) groups excluding carboxylic acids is 2. The van der Waals surface area contributed by atoms with Crippen molar-refractivity contribution in [3.8, 4) is 5.75 Å². The van der Waals surface area contributed by atoms with Crippen molar-refractivity contribution in [1.82, 2.24) is 0 Å². The molecule has 2 rings (SSSR count). The van der Waals surface area contributed by atoms with Crippen LogP contribution in [0.5, 0.6) is 5.75 Å². The molecule has 0 saturated carbocycles. The molecule has 1 heterocycles. The Kier molecular flexibility index (Phi) is 3.74. The Morgan fingerprint density at radius 3 is 2.61 bits per heavy atom. The molecule has 0 radical (unpaired) electrons. The topological polar surface area (TPSA) is 55.4 Å². The number of thiophene rings is 1. The second-order valence-electron chi connectivity index (χ2n) is 3.51. The van der Waals surface area contributed by atoms with Crippen LogP contribution in [0.15, 0.2) is 35.7 Å². The van der Waals surface area contributed by atoms with E-state index in [4.69, 9.17) is 4.74 Å². The highest BCUT2D eigenvalue weighted by molar-refractivity contribution is 7.12. The smallest absolute Gasteiger partial charge is 0.266 e. The lowest BCUT2D eigenvalue weighted by atomic mass is 10.2. The zero-order valence-electron chi connectivity index (χ0n) is 9.67. The first-order valence-electron chi connectivity index (χ1n) is 5.22. The maximum atomic E-state index is 11.9. The van der Waals surface area contributed by atoms with Gasteiger partial charge in [-0.1, -0.05) is 0 Å². The highest BCUT2D eigenvalue weighted by Crippen LogP contribution is 2.19. The molecule has 4 nitrogen and oxygen atoms in total. The lowest BCUT2D eigenvalue weighted by Gasteiger charge is -2.05. The van der Waals surface area contributed by atoms with E-state index in [0.717, 1.165) is 5.75 Å². The van der Waals surface area contributed by atoms with Crippen LogP contribution in [0.3, 0.4) is 0 Å². The highest BCUT2D eigenvalue weighted by atomic mass is 32.1. The Labute approximate surface area is 108 Å². The quantitative estimate of drug-likeness (QED) is 0.861. The summed E-state index contributed by atoms with van der Waals surface area (Å²) in [5, 5.41) is 4.44. The van der Waals surface area contributed by atoms with Crippen molar-refractivity contribution in [1.29, 1.82) is 0 Å². The van der Waals surface area contributed by atoms with Gasteiger partial charge >= 0.3 is 0 Å². The van der Waals surface area contributed by atoms with Gasteiger partial charge in [0, 0.05) is 11.3 Å². The van der Waals surface area contributed by atoms with Gasteiger partial charge in [0.2, 0.25) is 0 Å². The van der Waals surface area contributed by atoms with E-state index in [0.29, 0.717) is 22.4 Å².